The summed E-state index contributed by atoms with van der Waals surface area (Å²) in [6.45, 7) is 3.98. The maximum Gasteiger partial charge on any atom is 0.416 e. The number of nitrogens with one attached hydrogen (secondary N) is 1. The van der Waals surface area contributed by atoms with Crippen molar-refractivity contribution in [3.63, 3.8) is 0 Å². The molecule has 4 rings (SSSR count). The lowest BCUT2D eigenvalue weighted by molar-refractivity contribution is -0.141. The predicted octanol–water partition coefficient (Wildman–Crippen LogP) is 3.98. The summed E-state index contributed by atoms with van der Waals surface area (Å²) in [6.07, 6.45) is 0.411. The van der Waals surface area contributed by atoms with Gasteiger partial charge >= 0.3 is 6.18 Å². The molecule has 0 aliphatic carbocycles. The van der Waals surface area contributed by atoms with Crippen LogP contribution in [0.15, 0.2) is 48.8 Å². The molecule has 2 aromatic rings. The fourth-order valence-corrected chi connectivity index (χ4v) is 4.61. The van der Waals surface area contributed by atoms with Gasteiger partial charge in [0, 0.05) is 38.7 Å². The van der Waals surface area contributed by atoms with Gasteiger partial charge in [0.2, 0.25) is 5.91 Å². The number of carbonyl (C=O) groups is 1. The summed E-state index contributed by atoms with van der Waals surface area (Å²) in [7, 11) is 0. The Kier molecular flexibility index (Phi) is 6.90. The number of hydrogen-bond donors (Lipinski definition) is 1. The lowest BCUT2D eigenvalue weighted by Gasteiger charge is -2.43. The van der Waals surface area contributed by atoms with Crippen molar-refractivity contribution in [3.05, 3.63) is 59.9 Å². The maximum atomic E-state index is 13.5. The highest BCUT2D eigenvalue weighted by Crippen LogP contribution is 2.35. The van der Waals surface area contributed by atoms with E-state index in [1.807, 2.05) is 19.1 Å². The van der Waals surface area contributed by atoms with Crippen LogP contribution < -0.4 is 10.1 Å². The Balaban J connectivity index is 1.45. The number of pyridine rings is 1. The van der Waals surface area contributed by atoms with E-state index in [1.54, 1.807) is 12.4 Å². The monoisotopic (exact) mass is 463 g/mol. The number of alkyl halides is 3. The summed E-state index contributed by atoms with van der Waals surface area (Å²) >= 11 is 0. The maximum absolute atomic E-state index is 13.5. The minimum absolute atomic E-state index is 0.0603. The third-order valence-electron chi connectivity index (χ3n) is 6.51. The minimum atomic E-state index is -4.42. The molecule has 2 saturated heterocycles. The number of aromatic nitrogens is 1. The van der Waals surface area contributed by atoms with Crippen molar-refractivity contribution in [3.8, 4) is 5.75 Å². The first-order chi connectivity index (χ1) is 15.8. The average Bonchev–Trinajstić information content (AvgIpc) is 3.28. The van der Waals surface area contributed by atoms with E-state index >= 15 is 0 Å². The Bertz CT molecular complexity index is 949. The molecule has 2 aliphatic rings. The van der Waals surface area contributed by atoms with Gasteiger partial charge in [-0.3, -0.25) is 14.7 Å². The Hall–Kier alpha value is -2.65. The van der Waals surface area contributed by atoms with E-state index in [0.29, 0.717) is 45.6 Å². The smallest absolute Gasteiger partial charge is 0.416 e. The number of benzene rings is 1. The molecule has 0 radical (unpaired) electrons. The molecule has 1 unspecified atom stereocenters. The van der Waals surface area contributed by atoms with Crippen LogP contribution in [0.3, 0.4) is 0 Å². The van der Waals surface area contributed by atoms with Crippen LogP contribution in [0.1, 0.15) is 43.4 Å². The largest absolute Gasteiger partial charge is 0.489 e. The SMILES string of the molecule is CC(NC(=O)C1(N2CC[C@@H](Oc3cccc(C(F)(F)F)c3)C2)CCOCC1)c1ccncc1. The molecule has 0 saturated carbocycles. The van der Waals surface area contributed by atoms with E-state index in [1.165, 1.54) is 12.1 Å². The Morgan fingerprint density at radius 2 is 1.97 bits per heavy atom. The topological polar surface area (TPSA) is 63.7 Å². The van der Waals surface area contributed by atoms with Crippen molar-refractivity contribution >= 4 is 5.91 Å². The van der Waals surface area contributed by atoms with Gasteiger partial charge < -0.3 is 14.8 Å². The van der Waals surface area contributed by atoms with Gasteiger partial charge in [-0.05, 0) is 62.1 Å². The fourth-order valence-electron chi connectivity index (χ4n) is 4.61. The van der Waals surface area contributed by atoms with Crippen molar-refractivity contribution in [1.82, 2.24) is 15.2 Å². The van der Waals surface area contributed by atoms with Gasteiger partial charge in [0.25, 0.3) is 0 Å². The van der Waals surface area contributed by atoms with Crippen molar-refractivity contribution in [2.24, 2.45) is 0 Å². The van der Waals surface area contributed by atoms with Crippen LogP contribution in [0.5, 0.6) is 5.75 Å². The summed E-state index contributed by atoms with van der Waals surface area (Å²) < 4.78 is 50.5. The molecule has 0 spiro atoms. The second kappa shape index (κ2) is 9.69. The summed E-state index contributed by atoms with van der Waals surface area (Å²) in [6, 6.07) is 8.49. The molecule has 2 fully saturated rings. The first kappa shape index (κ1) is 23.5. The third kappa shape index (κ3) is 5.30. The fraction of sp³-hybridized carbons (Fsp3) is 0.500. The van der Waals surface area contributed by atoms with Gasteiger partial charge in [-0.2, -0.15) is 13.2 Å². The van der Waals surface area contributed by atoms with Crippen LogP contribution in [0.2, 0.25) is 0 Å². The second-order valence-electron chi connectivity index (χ2n) is 8.62. The number of halogens is 3. The molecular formula is C24H28F3N3O3. The highest BCUT2D eigenvalue weighted by atomic mass is 19.4. The molecular weight excluding hydrogens is 435 g/mol. The normalized spacial score (nSPS) is 22.0. The quantitative estimate of drug-likeness (QED) is 0.702. The molecule has 9 heteroatoms. The van der Waals surface area contributed by atoms with Gasteiger partial charge in [-0.15, -0.1) is 0 Å². The zero-order valence-electron chi connectivity index (χ0n) is 18.5. The number of ether oxygens (including phenoxy) is 2. The van der Waals surface area contributed by atoms with E-state index in [4.69, 9.17) is 9.47 Å². The summed E-state index contributed by atoms with van der Waals surface area (Å²) in [5.74, 6) is 0.128. The molecule has 3 heterocycles. The van der Waals surface area contributed by atoms with Crippen LogP contribution in [0.4, 0.5) is 13.2 Å². The van der Waals surface area contributed by atoms with E-state index in [-0.39, 0.29) is 23.8 Å². The standard InChI is InChI=1S/C24H28F3N3O3/c1-17(18-5-10-28-11-6-18)29-22(31)23(8-13-32-14-9-23)30-12-7-21(16-30)33-20-4-2-3-19(15-20)24(25,26)27/h2-6,10-11,15,17,21H,7-9,12-14,16H2,1H3,(H,29,31)/t17?,21-/m1/s1. The summed E-state index contributed by atoms with van der Waals surface area (Å²) in [5, 5.41) is 3.14. The van der Waals surface area contributed by atoms with E-state index in [9.17, 15) is 18.0 Å². The van der Waals surface area contributed by atoms with Crippen LogP contribution >= 0.6 is 0 Å². The molecule has 1 aromatic carbocycles. The zero-order chi connectivity index (χ0) is 23.5. The van der Waals surface area contributed by atoms with Crippen LogP contribution in [-0.4, -0.2) is 53.7 Å². The Morgan fingerprint density at radius 1 is 1.24 bits per heavy atom. The number of carbonyl (C=O) groups excluding carboxylic acids is 1. The van der Waals surface area contributed by atoms with Gasteiger partial charge in [0.05, 0.1) is 11.6 Å². The lowest BCUT2D eigenvalue weighted by atomic mass is 9.86. The predicted molar refractivity (Wildman–Crippen MR) is 116 cm³/mol. The van der Waals surface area contributed by atoms with Crippen molar-refractivity contribution < 1.29 is 27.4 Å². The van der Waals surface area contributed by atoms with Crippen LogP contribution in [-0.2, 0) is 15.7 Å². The molecule has 33 heavy (non-hydrogen) atoms. The molecule has 178 valence electrons. The number of rotatable bonds is 6. The minimum Gasteiger partial charge on any atom is -0.489 e. The zero-order valence-corrected chi connectivity index (χ0v) is 18.5. The average molecular weight is 464 g/mol. The molecule has 2 aliphatic heterocycles. The van der Waals surface area contributed by atoms with Crippen molar-refractivity contribution in [2.45, 2.75) is 50.0 Å². The number of likely N-dealkylation sites (tertiary alicyclic amines) is 1. The van der Waals surface area contributed by atoms with E-state index < -0.39 is 17.3 Å². The van der Waals surface area contributed by atoms with E-state index in [2.05, 4.69) is 15.2 Å². The first-order valence-electron chi connectivity index (χ1n) is 11.2. The van der Waals surface area contributed by atoms with Crippen molar-refractivity contribution in [2.75, 3.05) is 26.3 Å². The molecule has 1 aromatic heterocycles. The highest BCUT2D eigenvalue weighted by Gasteiger charge is 2.48. The molecule has 0 bridgehead atoms. The summed E-state index contributed by atoms with van der Waals surface area (Å²) in [5.41, 5.74) is -0.501. The second-order valence-corrected chi connectivity index (χ2v) is 8.62. The number of nitrogens with zero attached hydrogens (tertiary/aromatic N) is 2. The van der Waals surface area contributed by atoms with Crippen molar-refractivity contribution in [1.29, 1.82) is 0 Å². The van der Waals surface area contributed by atoms with Gasteiger partial charge in [-0.1, -0.05) is 6.07 Å². The van der Waals surface area contributed by atoms with Crippen LogP contribution in [0.25, 0.3) is 0 Å². The van der Waals surface area contributed by atoms with E-state index in [0.717, 1.165) is 17.7 Å². The van der Waals surface area contributed by atoms with Crippen LogP contribution in [0, 0.1) is 0 Å². The Labute approximate surface area is 191 Å². The molecule has 1 amide bonds. The molecule has 1 N–H and O–H groups in total. The lowest BCUT2D eigenvalue weighted by Crippen LogP contribution is -2.61. The highest BCUT2D eigenvalue weighted by molar-refractivity contribution is 5.87. The van der Waals surface area contributed by atoms with Gasteiger partial charge in [0.1, 0.15) is 17.4 Å². The number of hydrogen-bond acceptors (Lipinski definition) is 5. The first-order valence-corrected chi connectivity index (χ1v) is 11.2. The number of amides is 1. The Morgan fingerprint density at radius 3 is 2.67 bits per heavy atom. The summed E-state index contributed by atoms with van der Waals surface area (Å²) in [4.78, 5) is 19.7. The molecule has 6 nitrogen and oxygen atoms in total. The van der Waals surface area contributed by atoms with Gasteiger partial charge in [0.15, 0.2) is 0 Å². The van der Waals surface area contributed by atoms with Gasteiger partial charge in [-0.25, -0.2) is 0 Å². The third-order valence-corrected chi connectivity index (χ3v) is 6.51. The molecule has 2 atom stereocenters.